The lowest BCUT2D eigenvalue weighted by molar-refractivity contribution is -0.130. The second-order valence-electron chi connectivity index (χ2n) is 7.81. The predicted molar refractivity (Wildman–Crippen MR) is 119 cm³/mol. The normalized spacial score (nSPS) is 23.5. The van der Waals surface area contributed by atoms with Crippen LogP contribution in [0.3, 0.4) is 0 Å². The van der Waals surface area contributed by atoms with E-state index in [0.717, 1.165) is 0 Å². The van der Waals surface area contributed by atoms with E-state index >= 15 is 0 Å². The third-order valence-corrected chi connectivity index (χ3v) is 6.15. The number of ether oxygens (including phenoxy) is 2. The van der Waals surface area contributed by atoms with Crippen LogP contribution in [0.2, 0.25) is 5.02 Å². The maximum atomic E-state index is 13.5. The minimum absolute atomic E-state index is 0.0167. The van der Waals surface area contributed by atoms with E-state index in [1.54, 1.807) is 36.4 Å². The number of halogens is 1. The molecule has 1 spiro atoms. The maximum Gasteiger partial charge on any atom is 0.250 e. The third-order valence-electron chi connectivity index (χ3n) is 5.92. The number of fused-ring (bicyclic) bond motifs is 2. The number of nitrogens with two attached hydrogens (primary N) is 1. The Morgan fingerprint density at radius 3 is 2.69 bits per heavy atom. The molecule has 3 atom stereocenters. The number of anilines is 2. The van der Waals surface area contributed by atoms with Crippen LogP contribution in [0, 0.1) is 5.92 Å². The van der Waals surface area contributed by atoms with Gasteiger partial charge in [-0.2, -0.15) is 0 Å². The smallest absolute Gasteiger partial charge is 0.250 e. The number of primary amides is 1. The highest BCUT2D eigenvalue weighted by atomic mass is 35.5. The number of methoxy groups -OCH3 is 2. The molecule has 1 fully saturated rings. The molecule has 9 nitrogen and oxygen atoms in total. The van der Waals surface area contributed by atoms with Gasteiger partial charge in [0, 0.05) is 34.8 Å². The first-order valence-corrected chi connectivity index (χ1v) is 10.4. The van der Waals surface area contributed by atoms with Gasteiger partial charge in [-0.3, -0.25) is 19.7 Å². The lowest BCUT2D eigenvalue weighted by Gasteiger charge is -2.29. The fourth-order valence-corrected chi connectivity index (χ4v) is 4.71. The van der Waals surface area contributed by atoms with Gasteiger partial charge >= 0.3 is 0 Å². The second-order valence-corrected chi connectivity index (χ2v) is 8.24. The van der Waals surface area contributed by atoms with Crippen LogP contribution in [-0.4, -0.2) is 38.0 Å². The van der Waals surface area contributed by atoms with Gasteiger partial charge < -0.3 is 25.8 Å². The fraction of sp³-hybridized carbons (Fsp3) is 0.318. The van der Waals surface area contributed by atoms with Crippen LogP contribution in [-0.2, 0) is 19.9 Å². The first-order chi connectivity index (χ1) is 15.3. The number of rotatable bonds is 6. The summed E-state index contributed by atoms with van der Waals surface area (Å²) >= 11 is 6.21. The van der Waals surface area contributed by atoms with Crippen LogP contribution < -0.4 is 31.2 Å². The molecular weight excluding hydrogens is 436 g/mol. The van der Waals surface area contributed by atoms with Crippen molar-refractivity contribution in [2.75, 3.05) is 24.9 Å². The Morgan fingerprint density at radius 1 is 1.22 bits per heavy atom. The quantitative estimate of drug-likeness (QED) is 0.523. The lowest BCUT2D eigenvalue weighted by Crippen LogP contribution is -2.52. The van der Waals surface area contributed by atoms with Gasteiger partial charge in [-0.25, -0.2) is 0 Å². The Balaban J connectivity index is 1.75. The van der Waals surface area contributed by atoms with Gasteiger partial charge in [0.25, 0.3) is 0 Å². The molecule has 0 aliphatic carbocycles. The number of carbonyl (C=O) groups is 3. The highest BCUT2D eigenvalue weighted by Gasteiger charge is 2.60. The van der Waals surface area contributed by atoms with Gasteiger partial charge in [0.15, 0.2) is 0 Å². The number of hydrogen-bond acceptors (Lipinski definition) is 6. The molecular formula is C22H23ClN4O5. The average molecular weight is 459 g/mol. The molecule has 2 heterocycles. The maximum absolute atomic E-state index is 13.5. The highest BCUT2D eigenvalue weighted by Crippen LogP contribution is 2.48. The number of nitrogens with one attached hydrogen (secondary N) is 3. The molecule has 2 aliphatic rings. The van der Waals surface area contributed by atoms with Crippen LogP contribution >= 0.6 is 11.6 Å². The first-order valence-electron chi connectivity index (χ1n) is 9.99. The van der Waals surface area contributed by atoms with Gasteiger partial charge in [0.05, 0.1) is 25.8 Å². The van der Waals surface area contributed by atoms with Gasteiger partial charge in [-0.15, -0.1) is 0 Å². The van der Waals surface area contributed by atoms with Crippen molar-refractivity contribution in [3.05, 3.63) is 47.0 Å². The van der Waals surface area contributed by atoms with E-state index in [9.17, 15) is 14.4 Å². The summed E-state index contributed by atoms with van der Waals surface area (Å²) in [6.07, 6.45) is 0.206. The van der Waals surface area contributed by atoms with Gasteiger partial charge in [0.1, 0.15) is 17.0 Å². The van der Waals surface area contributed by atoms with E-state index in [0.29, 0.717) is 33.5 Å². The monoisotopic (exact) mass is 458 g/mol. The van der Waals surface area contributed by atoms with E-state index in [1.165, 1.54) is 14.2 Å². The summed E-state index contributed by atoms with van der Waals surface area (Å²) in [5, 5.41) is 9.31. The number of amides is 3. The molecule has 0 bridgehead atoms. The first kappa shape index (κ1) is 21.9. The minimum Gasteiger partial charge on any atom is -0.497 e. The Labute approximate surface area is 189 Å². The van der Waals surface area contributed by atoms with Gasteiger partial charge in [0.2, 0.25) is 17.7 Å². The van der Waals surface area contributed by atoms with Crippen molar-refractivity contribution in [1.82, 2.24) is 5.32 Å². The third kappa shape index (κ3) is 3.63. The topological polar surface area (TPSA) is 132 Å². The van der Waals surface area contributed by atoms with Crippen molar-refractivity contribution < 1.29 is 23.9 Å². The molecule has 0 saturated carbocycles. The summed E-state index contributed by atoms with van der Waals surface area (Å²) in [6.45, 7) is 0. The number of carbonyl (C=O) groups excluding carboxylic acids is 3. The Morgan fingerprint density at radius 2 is 2.00 bits per heavy atom. The molecule has 4 rings (SSSR count). The summed E-state index contributed by atoms with van der Waals surface area (Å²) in [5.41, 5.74) is 5.52. The largest absolute Gasteiger partial charge is 0.497 e. The zero-order valence-corrected chi connectivity index (χ0v) is 18.3. The number of benzene rings is 2. The lowest BCUT2D eigenvalue weighted by atomic mass is 9.79. The summed E-state index contributed by atoms with van der Waals surface area (Å²) in [7, 11) is 3.00. The predicted octanol–water partition coefficient (Wildman–Crippen LogP) is 2.00. The molecule has 0 radical (unpaired) electrons. The van der Waals surface area contributed by atoms with Crippen molar-refractivity contribution >= 4 is 40.7 Å². The SMILES string of the molecule is COc1ccc(OC)c(NC(=O)[C@@H]2C[C@@H](CC(N)=O)N[C@]23C(=O)Nc2ccc(Cl)cc23)c1. The molecule has 3 amide bonds. The average Bonchev–Trinajstić information content (AvgIpc) is 3.26. The Hall–Kier alpha value is -3.30. The van der Waals surface area contributed by atoms with Crippen LogP contribution in [0.4, 0.5) is 11.4 Å². The molecule has 32 heavy (non-hydrogen) atoms. The molecule has 2 aromatic rings. The van der Waals surface area contributed by atoms with Crippen molar-refractivity contribution in [1.29, 1.82) is 0 Å². The summed E-state index contributed by atoms with van der Waals surface area (Å²) in [6, 6.07) is 9.54. The minimum atomic E-state index is -1.39. The molecule has 1 saturated heterocycles. The van der Waals surface area contributed by atoms with Crippen LogP contribution in [0.15, 0.2) is 36.4 Å². The van der Waals surface area contributed by atoms with Crippen LogP contribution in [0.5, 0.6) is 11.5 Å². The summed E-state index contributed by atoms with van der Waals surface area (Å²) in [4.78, 5) is 38.4. The Kier molecular flexibility index (Phi) is 5.70. The zero-order chi connectivity index (χ0) is 23.0. The van der Waals surface area contributed by atoms with E-state index in [2.05, 4.69) is 16.0 Å². The van der Waals surface area contributed by atoms with E-state index in [-0.39, 0.29) is 18.7 Å². The van der Waals surface area contributed by atoms with Crippen LogP contribution in [0.1, 0.15) is 18.4 Å². The van der Waals surface area contributed by atoms with Gasteiger partial charge in [-0.05, 0) is 36.8 Å². The molecule has 2 aromatic carbocycles. The molecule has 10 heteroatoms. The van der Waals surface area contributed by atoms with Crippen molar-refractivity contribution in [2.45, 2.75) is 24.4 Å². The molecule has 5 N–H and O–H groups in total. The summed E-state index contributed by atoms with van der Waals surface area (Å²) < 4.78 is 10.6. The van der Waals surface area contributed by atoms with E-state index in [4.69, 9.17) is 26.8 Å². The second kappa shape index (κ2) is 8.33. The molecule has 0 aromatic heterocycles. The zero-order valence-electron chi connectivity index (χ0n) is 17.5. The summed E-state index contributed by atoms with van der Waals surface area (Å²) in [5.74, 6) is -1.21. The molecule has 0 unspecified atom stereocenters. The molecule has 2 aliphatic heterocycles. The fourth-order valence-electron chi connectivity index (χ4n) is 4.54. The van der Waals surface area contributed by atoms with Gasteiger partial charge in [-0.1, -0.05) is 11.6 Å². The van der Waals surface area contributed by atoms with E-state index < -0.39 is 29.3 Å². The van der Waals surface area contributed by atoms with Crippen molar-refractivity contribution in [2.24, 2.45) is 11.7 Å². The molecule has 168 valence electrons. The van der Waals surface area contributed by atoms with E-state index in [1.807, 2.05) is 0 Å². The number of hydrogen-bond donors (Lipinski definition) is 4. The van der Waals surface area contributed by atoms with Crippen molar-refractivity contribution in [3.8, 4) is 11.5 Å². The highest BCUT2D eigenvalue weighted by molar-refractivity contribution is 6.31. The Bertz CT molecular complexity index is 1110. The standard InChI is InChI=1S/C22H23ClN4O5/c1-31-13-4-6-18(32-2)17(10-13)25-20(29)15-8-12(9-19(24)28)27-22(15)14-7-11(23)3-5-16(14)26-21(22)30/h3-7,10,12,15,27H,8-9H2,1-2H3,(H2,24,28)(H,25,29)(H,26,30)/t12-,15-,22-/m0/s1. The van der Waals surface area contributed by atoms with Crippen LogP contribution in [0.25, 0.3) is 0 Å². The van der Waals surface area contributed by atoms with Crippen molar-refractivity contribution in [3.63, 3.8) is 0 Å².